The van der Waals surface area contributed by atoms with E-state index in [1.165, 1.54) is 0 Å². The average Bonchev–Trinajstić information content (AvgIpc) is 2.24. The van der Waals surface area contributed by atoms with Gasteiger partial charge in [-0.3, -0.25) is 0 Å². The lowest BCUT2D eigenvalue weighted by Crippen LogP contribution is -2.48. The molecule has 2 amide bonds. The third-order valence-electron chi connectivity index (χ3n) is 2.71. The Labute approximate surface area is 109 Å². The molecule has 106 valence electrons. The highest BCUT2D eigenvalue weighted by atomic mass is 16.4. The number of hydrogen-bond donors (Lipinski definition) is 3. The minimum absolute atomic E-state index is 0.130. The standard InChI is InChI=1S/C13H26N2O3/c1-9(2)7-5-6-8-14-13(18)15-11(10(3)4)12(16)17/h9-11H,5-8H2,1-4H3,(H,16,17)(H2,14,15,18). The molecule has 3 N–H and O–H groups in total. The highest BCUT2D eigenvalue weighted by molar-refractivity contribution is 5.82. The van der Waals surface area contributed by atoms with Gasteiger partial charge in [0, 0.05) is 6.54 Å². The number of carboxylic acid groups (broad SMARTS) is 1. The molecule has 0 bridgehead atoms. The molecule has 5 nitrogen and oxygen atoms in total. The highest BCUT2D eigenvalue weighted by Gasteiger charge is 2.22. The van der Waals surface area contributed by atoms with Gasteiger partial charge in [-0.05, 0) is 18.3 Å². The first-order chi connectivity index (χ1) is 8.34. The van der Waals surface area contributed by atoms with Crippen LogP contribution in [0.4, 0.5) is 4.79 Å². The molecule has 18 heavy (non-hydrogen) atoms. The fourth-order valence-corrected chi connectivity index (χ4v) is 1.59. The van der Waals surface area contributed by atoms with E-state index in [0.717, 1.165) is 19.3 Å². The van der Waals surface area contributed by atoms with E-state index in [4.69, 9.17) is 5.11 Å². The second-order valence-corrected chi connectivity index (χ2v) is 5.35. The lowest BCUT2D eigenvalue weighted by molar-refractivity contribution is -0.140. The van der Waals surface area contributed by atoms with Gasteiger partial charge in [0.1, 0.15) is 6.04 Å². The summed E-state index contributed by atoms with van der Waals surface area (Å²) in [6.07, 6.45) is 3.14. The number of carbonyl (C=O) groups is 2. The average molecular weight is 258 g/mol. The predicted molar refractivity (Wildman–Crippen MR) is 71.5 cm³/mol. The van der Waals surface area contributed by atoms with Crippen molar-refractivity contribution in [1.82, 2.24) is 10.6 Å². The fraction of sp³-hybridized carbons (Fsp3) is 0.846. The molecule has 0 saturated heterocycles. The van der Waals surface area contributed by atoms with Crippen LogP contribution in [0.25, 0.3) is 0 Å². The summed E-state index contributed by atoms with van der Waals surface area (Å²) in [5.41, 5.74) is 0. The molecule has 5 heteroatoms. The van der Waals surface area contributed by atoms with Crippen LogP contribution in [-0.2, 0) is 4.79 Å². The second-order valence-electron chi connectivity index (χ2n) is 5.35. The van der Waals surface area contributed by atoms with Gasteiger partial charge in [0.05, 0.1) is 0 Å². The summed E-state index contributed by atoms with van der Waals surface area (Å²) >= 11 is 0. The van der Waals surface area contributed by atoms with Crippen LogP contribution in [0.1, 0.15) is 47.0 Å². The van der Waals surface area contributed by atoms with Gasteiger partial charge in [-0.15, -0.1) is 0 Å². The zero-order valence-electron chi connectivity index (χ0n) is 11.8. The van der Waals surface area contributed by atoms with E-state index in [1.54, 1.807) is 13.8 Å². The number of hydrogen-bond acceptors (Lipinski definition) is 2. The molecule has 1 atom stereocenters. The van der Waals surface area contributed by atoms with Gasteiger partial charge in [-0.2, -0.15) is 0 Å². The molecule has 0 radical (unpaired) electrons. The van der Waals surface area contributed by atoms with E-state index in [9.17, 15) is 9.59 Å². The summed E-state index contributed by atoms with van der Waals surface area (Å²) in [4.78, 5) is 22.4. The number of carboxylic acids is 1. The first kappa shape index (κ1) is 16.7. The maximum absolute atomic E-state index is 11.5. The fourth-order valence-electron chi connectivity index (χ4n) is 1.59. The largest absolute Gasteiger partial charge is 0.480 e. The Morgan fingerprint density at radius 2 is 1.72 bits per heavy atom. The van der Waals surface area contributed by atoms with Crippen molar-refractivity contribution < 1.29 is 14.7 Å². The lowest BCUT2D eigenvalue weighted by atomic mass is 10.1. The summed E-state index contributed by atoms with van der Waals surface area (Å²) in [5, 5.41) is 14.1. The quantitative estimate of drug-likeness (QED) is 0.584. The number of unbranched alkanes of at least 4 members (excludes halogenated alkanes) is 1. The molecule has 0 aliphatic carbocycles. The van der Waals surface area contributed by atoms with Gasteiger partial charge in [-0.1, -0.05) is 40.5 Å². The minimum atomic E-state index is -1.00. The van der Waals surface area contributed by atoms with Crippen LogP contribution in [0.15, 0.2) is 0 Å². The molecule has 0 spiro atoms. The van der Waals surface area contributed by atoms with Crippen LogP contribution in [0, 0.1) is 11.8 Å². The van der Waals surface area contributed by atoms with E-state index >= 15 is 0 Å². The number of urea groups is 1. The van der Waals surface area contributed by atoms with E-state index in [0.29, 0.717) is 12.5 Å². The molecule has 0 aromatic heterocycles. The number of carbonyl (C=O) groups excluding carboxylic acids is 1. The molecule has 0 fully saturated rings. The van der Waals surface area contributed by atoms with Crippen molar-refractivity contribution in [2.75, 3.05) is 6.54 Å². The van der Waals surface area contributed by atoms with Crippen molar-refractivity contribution in [3.63, 3.8) is 0 Å². The van der Waals surface area contributed by atoms with Crippen molar-refractivity contribution in [1.29, 1.82) is 0 Å². The normalized spacial score (nSPS) is 12.6. The van der Waals surface area contributed by atoms with E-state index in [1.807, 2.05) is 0 Å². The van der Waals surface area contributed by atoms with Gasteiger partial charge in [0.25, 0.3) is 0 Å². The van der Waals surface area contributed by atoms with Crippen LogP contribution < -0.4 is 10.6 Å². The first-order valence-electron chi connectivity index (χ1n) is 6.61. The molecule has 0 heterocycles. The summed E-state index contributed by atoms with van der Waals surface area (Å²) in [7, 11) is 0. The van der Waals surface area contributed by atoms with Crippen molar-refractivity contribution in [3.05, 3.63) is 0 Å². The molecular weight excluding hydrogens is 232 g/mol. The summed E-state index contributed by atoms with van der Waals surface area (Å²) in [6, 6.07) is -1.23. The number of amides is 2. The zero-order chi connectivity index (χ0) is 14.1. The first-order valence-corrected chi connectivity index (χ1v) is 6.61. The second kappa shape index (κ2) is 8.78. The summed E-state index contributed by atoms with van der Waals surface area (Å²) in [5.74, 6) is -0.453. The lowest BCUT2D eigenvalue weighted by Gasteiger charge is -2.18. The summed E-state index contributed by atoms with van der Waals surface area (Å²) < 4.78 is 0. The molecule has 0 aliphatic heterocycles. The van der Waals surface area contributed by atoms with Gasteiger partial charge in [-0.25, -0.2) is 9.59 Å². The van der Waals surface area contributed by atoms with E-state index in [2.05, 4.69) is 24.5 Å². The molecular formula is C13H26N2O3. The Morgan fingerprint density at radius 3 is 2.17 bits per heavy atom. The van der Waals surface area contributed by atoms with Crippen LogP contribution in [-0.4, -0.2) is 29.7 Å². The summed E-state index contributed by atoms with van der Waals surface area (Å²) in [6.45, 7) is 8.45. The number of aliphatic carboxylic acids is 1. The zero-order valence-corrected chi connectivity index (χ0v) is 11.8. The molecule has 0 saturated carbocycles. The smallest absolute Gasteiger partial charge is 0.326 e. The Kier molecular flexibility index (Phi) is 8.16. The van der Waals surface area contributed by atoms with Gasteiger partial charge in [0.15, 0.2) is 0 Å². The number of nitrogens with one attached hydrogen (secondary N) is 2. The third kappa shape index (κ3) is 7.92. The maximum Gasteiger partial charge on any atom is 0.326 e. The van der Waals surface area contributed by atoms with E-state index in [-0.39, 0.29) is 5.92 Å². The minimum Gasteiger partial charge on any atom is -0.480 e. The van der Waals surface area contributed by atoms with Crippen molar-refractivity contribution in [3.8, 4) is 0 Å². The van der Waals surface area contributed by atoms with Crippen LogP contribution >= 0.6 is 0 Å². The Balaban J connectivity index is 3.79. The molecule has 1 unspecified atom stereocenters. The SMILES string of the molecule is CC(C)CCCCNC(=O)NC(C(=O)O)C(C)C. The van der Waals surface area contributed by atoms with Crippen molar-refractivity contribution in [2.24, 2.45) is 11.8 Å². The number of rotatable bonds is 8. The Bertz CT molecular complexity index is 265. The van der Waals surface area contributed by atoms with Gasteiger partial charge in [0.2, 0.25) is 0 Å². The monoisotopic (exact) mass is 258 g/mol. The van der Waals surface area contributed by atoms with Gasteiger partial charge < -0.3 is 15.7 Å². The predicted octanol–water partition coefficient (Wildman–Crippen LogP) is 2.22. The Hall–Kier alpha value is -1.26. The van der Waals surface area contributed by atoms with Gasteiger partial charge >= 0.3 is 12.0 Å². The maximum atomic E-state index is 11.5. The van der Waals surface area contributed by atoms with E-state index < -0.39 is 18.0 Å². The van der Waals surface area contributed by atoms with Crippen LogP contribution in [0.2, 0.25) is 0 Å². The van der Waals surface area contributed by atoms with Crippen LogP contribution in [0.5, 0.6) is 0 Å². The molecule has 0 rings (SSSR count). The van der Waals surface area contributed by atoms with Crippen molar-refractivity contribution in [2.45, 2.75) is 53.0 Å². The Morgan fingerprint density at radius 1 is 1.11 bits per heavy atom. The topological polar surface area (TPSA) is 78.4 Å². The third-order valence-corrected chi connectivity index (χ3v) is 2.71. The highest BCUT2D eigenvalue weighted by Crippen LogP contribution is 2.05. The molecule has 0 aromatic carbocycles. The molecule has 0 aromatic rings. The van der Waals surface area contributed by atoms with Crippen LogP contribution in [0.3, 0.4) is 0 Å². The van der Waals surface area contributed by atoms with Crippen molar-refractivity contribution >= 4 is 12.0 Å². The molecule has 0 aliphatic rings.